The van der Waals surface area contributed by atoms with E-state index >= 15 is 0 Å². The highest BCUT2D eigenvalue weighted by Crippen LogP contribution is 2.48. The van der Waals surface area contributed by atoms with Gasteiger partial charge in [-0.2, -0.15) is 0 Å². The fourth-order valence-corrected chi connectivity index (χ4v) is 5.01. The number of aromatic nitrogens is 2. The van der Waals surface area contributed by atoms with Crippen LogP contribution in [0.3, 0.4) is 0 Å². The number of nitrogens with one attached hydrogen (secondary N) is 1. The summed E-state index contributed by atoms with van der Waals surface area (Å²) in [5.74, 6) is 0.371. The average Bonchev–Trinajstić information content (AvgIpc) is 3.13. The smallest absolute Gasteiger partial charge is 0.347 e. The van der Waals surface area contributed by atoms with Gasteiger partial charge in [0.2, 0.25) is 5.60 Å². The van der Waals surface area contributed by atoms with Gasteiger partial charge < -0.3 is 15.2 Å². The molecule has 1 aromatic heterocycles. The van der Waals surface area contributed by atoms with Crippen LogP contribution in [0.25, 0.3) is 11.1 Å². The van der Waals surface area contributed by atoms with Gasteiger partial charge in [-0.25, -0.2) is 14.8 Å². The van der Waals surface area contributed by atoms with E-state index in [2.05, 4.69) is 15.3 Å². The molecule has 32 heavy (non-hydrogen) atoms. The number of hydrogen-bond acceptors (Lipinski definition) is 6. The van der Waals surface area contributed by atoms with Crippen LogP contribution in [0.1, 0.15) is 42.1 Å². The largest absolute Gasteiger partial charge is 0.462 e. The molecule has 5 rings (SSSR count). The summed E-state index contributed by atoms with van der Waals surface area (Å²) < 4.78 is 5.81. The molecule has 1 saturated heterocycles. The predicted octanol–water partition coefficient (Wildman–Crippen LogP) is 3.41. The standard InChI is InChI=1S/C26H27N3O3/c30-25(26(31)22-10-3-1-8-20(22)21-9-2-4-11-23(21)26)32-17-19(24-28-13-6-14-29-24)15-18-7-5-12-27-16-18/h1-4,6,8-11,13-14,18-19,27,31H,5,7,12,15-17H2/t18-,19?/m1/s1. The molecule has 2 aromatic carbocycles. The van der Waals surface area contributed by atoms with Crippen LogP contribution < -0.4 is 5.32 Å². The van der Waals surface area contributed by atoms with Crippen LogP contribution in [-0.4, -0.2) is 40.7 Å². The second-order valence-electron chi connectivity index (χ2n) is 8.65. The number of ether oxygens (including phenoxy) is 1. The monoisotopic (exact) mass is 429 g/mol. The highest BCUT2D eigenvalue weighted by atomic mass is 16.5. The van der Waals surface area contributed by atoms with Gasteiger partial charge in [0.1, 0.15) is 12.4 Å². The van der Waals surface area contributed by atoms with Crippen molar-refractivity contribution in [3.05, 3.63) is 83.9 Å². The number of carbonyl (C=O) groups excluding carboxylic acids is 1. The van der Waals surface area contributed by atoms with E-state index in [1.54, 1.807) is 30.6 Å². The van der Waals surface area contributed by atoms with Crippen LogP contribution in [0.4, 0.5) is 0 Å². The number of benzene rings is 2. The zero-order valence-electron chi connectivity index (χ0n) is 17.9. The van der Waals surface area contributed by atoms with Crippen molar-refractivity contribution < 1.29 is 14.6 Å². The molecule has 0 amide bonds. The maximum absolute atomic E-state index is 13.4. The van der Waals surface area contributed by atoms with E-state index < -0.39 is 11.6 Å². The van der Waals surface area contributed by atoms with Crippen LogP contribution in [0.15, 0.2) is 67.0 Å². The van der Waals surface area contributed by atoms with Crippen LogP contribution in [0, 0.1) is 5.92 Å². The number of aliphatic hydroxyl groups is 1. The van der Waals surface area contributed by atoms with Crippen molar-refractivity contribution >= 4 is 5.97 Å². The molecule has 2 heterocycles. The lowest BCUT2D eigenvalue weighted by Gasteiger charge is -2.28. The van der Waals surface area contributed by atoms with Crippen LogP contribution in [0.5, 0.6) is 0 Å². The molecule has 2 atom stereocenters. The van der Waals surface area contributed by atoms with Crippen molar-refractivity contribution in [3.63, 3.8) is 0 Å². The second-order valence-corrected chi connectivity index (χ2v) is 8.65. The van der Waals surface area contributed by atoms with E-state index in [0.717, 1.165) is 43.5 Å². The molecule has 164 valence electrons. The van der Waals surface area contributed by atoms with E-state index in [1.165, 1.54) is 0 Å². The van der Waals surface area contributed by atoms with Gasteiger partial charge in [0.25, 0.3) is 0 Å². The SMILES string of the molecule is O=C(OCC(C[C@H]1CCCNC1)c1ncccn1)C1(O)c2ccccc2-c2ccccc21. The third-order valence-corrected chi connectivity index (χ3v) is 6.60. The Labute approximate surface area is 187 Å². The Balaban J connectivity index is 1.39. The highest BCUT2D eigenvalue weighted by molar-refractivity contribution is 5.96. The minimum Gasteiger partial charge on any atom is -0.462 e. The van der Waals surface area contributed by atoms with Gasteiger partial charge in [-0.05, 0) is 55.5 Å². The maximum atomic E-state index is 13.4. The lowest BCUT2D eigenvalue weighted by atomic mass is 9.88. The fraction of sp³-hybridized carbons (Fsp3) is 0.346. The van der Waals surface area contributed by atoms with Crippen molar-refractivity contribution in [2.75, 3.05) is 19.7 Å². The van der Waals surface area contributed by atoms with Crippen molar-refractivity contribution in [1.82, 2.24) is 15.3 Å². The van der Waals surface area contributed by atoms with E-state index in [-0.39, 0.29) is 12.5 Å². The Morgan fingerprint density at radius 3 is 2.34 bits per heavy atom. The van der Waals surface area contributed by atoms with E-state index in [4.69, 9.17) is 4.74 Å². The number of piperidine rings is 1. The number of nitrogens with zero attached hydrogens (tertiary/aromatic N) is 2. The van der Waals surface area contributed by atoms with Crippen molar-refractivity contribution in [3.8, 4) is 11.1 Å². The lowest BCUT2D eigenvalue weighted by Crippen LogP contribution is -2.38. The predicted molar refractivity (Wildman–Crippen MR) is 121 cm³/mol. The minimum absolute atomic E-state index is 0.124. The first-order valence-corrected chi connectivity index (χ1v) is 11.2. The molecule has 6 heteroatoms. The minimum atomic E-state index is -1.82. The number of hydrogen-bond donors (Lipinski definition) is 2. The zero-order valence-corrected chi connectivity index (χ0v) is 17.9. The summed E-state index contributed by atoms with van der Waals surface area (Å²) in [6, 6.07) is 16.7. The normalized spacial score (nSPS) is 19.6. The topological polar surface area (TPSA) is 84.3 Å². The average molecular weight is 430 g/mol. The van der Waals surface area contributed by atoms with Gasteiger partial charge in [-0.1, -0.05) is 48.5 Å². The van der Waals surface area contributed by atoms with Gasteiger partial charge in [-0.3, -0.25) is 0 Å². The molecule has 1 aliphatic carbocycles. The first-order valence-electron chi connectivity index (χ1n) is 11.2. The highest BCUT2D eigenvalue weighted by Gasteiger charge is 2.49. The number of fused-ring (bicyclic) bond motifs is 3. The van der Waals surface area contributed by atoms with Gasteiger partial charge in [-0.15, -0.1) is 0 Å². The molecular weight excluding hydrogens is 402 g/mol. The fourth-order valence-electron chi connectivity index (χ4n) is 5.01. The van der Waals surface area contributed by atoms with Crippen LogP contribution in [-0.2, 0) is 15.1 Å². The Bertz CT molecular complexity index is 1050. The Morgan fingerprint density at radius 2 is 1.72 bits per heavy atom. The van der Waals surface area contributed by atoms with E-state index in [1.807, 2.05) is 36.4 Å². The number of rotatable bonds is 6. The number of carbonyl (C=O) groups is 1. The molecule has 0 bridgehead atoms. The van der Waals surface area contributed by atoms with Crippen molar-refractivity contribution in [1.29, 1.82) is 0 Å². The molecule has 1 unspecified atom stereocenters. The number of esters is 1. The summed E-state index contributed by atoms with van der Waals surface area (Å²) in [6.45, 7) is 2.12. The molecule has 1 aliphatic heterocycles. The lowest BCUT2D eigenvalue weighted by molar-refractivity contribution is -0.162. The van der Waals surface area contributed by atoms with Gasteiger partial charge in [0, 0.05) is 23.5 Å². The first kappa shape index (κ1) is 20.8. The van der Waals surface area contributed by atoms with Crippen LogP contribution >= 0.6 is 0 Å². The Kier molecular flexibility index (Phi) is 5.72. The molecule has 0 spiro atoms. The molecule has 6 nitrogen and oxygen atoms in total. The summed E-state index contributed by atoms with van der Waals surface area (Å²) in [5.41, 5.74) is 1.03. The van der Waals surface area contributed by atoms with Gasteiger partial charge >= 0.3 is 5.97 Å². The third kappa shape index (κ3) is 3.70. The van der Waals surface area contributed by atoms with Crippen molar-refractivity contribution in [2.24, 2.45) is 5.92 Å². The molecule has 0 saturated carbocycles. The summed E-state index contributed by atoms with van der Waals surface area (Å²) in [5, 5.41) is 15.1. The van der Waals surface area contributed by atoms with Gasteiger partial charge in [0.15, 0.2) is 0 Å². The quantitative estimate of drug-likeness (QED) is 0.584. The Hall–Kier alpha value is -3.09. The summed E-state index contributed by atoms with van der Waals surface area (Å²) in [7, 11) is 0. The van der Waals surface area contributed by atoms with Crippen LogP contribution in [0.2, 0.25) is 0 Å². The van der Waals surface area contributed by atoms with Crippen molar-refractivity contribution in [2.45, 2.75) is 30.8 Å². The summed E-state index contributed by atoms with van der Waals surface area (Å²) in [6.07, 6.45) is 6.53. The molecule has 1 fully saturated rings. The second kappa shape index (κ2) is 8.81. The maximum Gasteiger partial charge on any atom is 0.347 e. The molecule has 2 N–H and O–H groups in total. The summed E-state index contributed by atoms with van der Waals surface area (Å²) in [4.78, 5) is 22.2. The van der Waals surface area contributed by atoms with E-state index in [0.29, 0.717) is 22.9 Å². The third-order valence-electron chi connectivity index (χ3n) is 6.60. The van der Waals surface area contributed by atoms with E-state index in [9.17, 15) is 9.90 Å². The molecule has 2 aliphatic rings. The molecular formula is C26H27N3O3. The summed E-state index contributed by atoms with van der Waals surface area (Å²) >= 11 is 0. The van der Waals surface area contributed by atoms with Gasteiger partial charge in [0.05, 0.1) is 5.92 Å². The molecule has 3 aromatic rings. The Morgan fingerprint density at radius 1 is 1.06 bits per heavy atom. The zero-order chi connectivity index (χ0) is 22.0. The first-order chi connectivity index (χ1) is 15.7. The molecule has 0 radical (unpaired) electrons.